The average Bonchev–Trinajstić information content (AvgIpc) is 2.48. The zero-order valence-electron chi connectivity index (χ0n) is 11.9. The number of aliphatic hydroxyl groups is 1. The molecule has 0 saturated heterocycles. The molecule has 6 nitrogen and oxygen atoms in total. The largest absolute Gasteiger partial charge is 0.484 e. The first kappa shape index (κ1) is 15.3. The Hall–Kier alpha value is -2.13. The van der Waals surface area contributed by atoms with E-state index in [1.807, 2.05) is 6.07 Å². The fourth-order valence-electron chi connectivity index (χ4n) is 2.51. The number of nitro benzene ring substituents is 1. The number of nitrogens with zero attached hydrogens (tertiary/aromatic N) is 2. The maximum Gasteiger partial charge on any atom is 0.312 e. The fourth-order valence-corrected chi connectivity index (χ4v) is 2.51. The third-order valence-corrected chi connectivity index (χ3v) is 3.99. The summed E-state index contributed by atoms with van der Waals surface area (Å²) in [5, 5.41) is 30.2. The van der Waals surface area contributed by atoms with Crippen LogP contribution in [0.5, 0.6) is 5.75 Å². The normalized spacial score (nSPS) is 25.1. The molecular weight excluding hydrogens is 272 g/mol. The monoisotopic (exact) mass is 290 g/mol. The Morgan fingerprint density at radius 3 is 2.76 bits per heavy atom. The minimum atomic E-state index is -0.922. The van der Waals surface area contributed by atoms with Crippen LogP contribution < -0.4 is 4.74 Å². The highest BCUT2D eigenvalue weighted by atomic mass is 16.6. The number of benzene rings is 1. The van der Waals surface area contributed by atoms with Crippen molar-refractivity contribution in [3.05, 3.63) is 33.9 Å². The van der Waals surface area contributed by atoms with Gasteiger partial charge in [0.1, 0.15) is 6.61 Å². The predicted molar refractivity (Wildman–Crippen MR) is 75.9 cm³/mol. The SMILES string of the molecule is CC1CCC(O)(COc2ccc(C#N)cc2[N+](=O)[O-])CC1. The second-order valence-electron chi connectivity index (χ2n) is 5.75. The molecule has 0 amide bonds. The standard InChI is InChI=1S/C15H18N2O4/c1-11-4-6-15(18,7-5-11)10-21-14-3-2-12(9-16)8-13(14)17(19)20/h2-3,8,11,18H,4-7,10H2,1H3. The molecule has 0 aromatic heterocycles. The van der Waals surface area contributed by atoms with Crippen molar-refractivity contribution >= 4 is 5.69 Å². The Morgan fingerprint density at radius 1 is 1.52 bits per heavy atom. The van der Waals surface area contributed by atoms with Crippen LogP contribution in [0.2, 0.25) is 0 Å². The molecule has 0 heterocycles. The minimum Gasteiger partial charge on any atom is -0.484 e. The Morgan fingerprint density at radius 2 is 2.19 bits per heavy atom. The van der Waals surface area contributed by atoms with E-state index in [1.54, 1.807) is 0 Å². The van der Waals surface area contributed by atoms with Gasteiger partial charge in [0.15, 0.2) is 5.75 Å². The number of ether oxygens (including phenoxy) is 1. The van der Waals surface area contributed by atoms with Crippen molar-refractivity contribution in [1.82, 2.24) is 0 Å². The molecule has 112 valence electrons. The number of hydrogen-bond acceptors (Lipinski definition) is 5. The van der Waals surface area contributed by atoms with Crippen LogP contribution >= 0.6 is 0 Å². The van der Waals surface area contributed by atoms with Gasteiger partial charge < -0.3 is 9.84 Å². The van der Waals surface area contributed by atoms with Crippen LogP contribution in [0.3, 0.4) is 0 Å². The number of nitriles is 1. The molecule has 0 unspecified atom stereocenters. The van der Waals surface area contributed by atoms with E-state index in [2.05, 4.69) is 6.92 Å². The van der Waals surface area contributed by atoms with Gasteiger partial charge in [-0.2, -0.15) is 5.26 Å². The molecular formula is C15H18N2O4. The molecule has 1 fully saturated rings. The number of rotatable bonds is 4. The molecule has 1 saturated carbocycles. The lowest BCUT2D eigenvalue weighted by Crippen LogP contribution is -2.39. The Labute approximate surface area is 123 Å². The number of hydrogen-bond donors (Lipinski definition) is 1. The van der Waals surface area contributed by atoms with E-state index in [0.29, 0.717) is 18.8 Å². The summed E-state index contributed by atoms with van der Waals surface area (Å²) in [6.45, 7) is 2.18. The van der Waals surface area contributed by atoms with Crippen molar-refractivity contribution in [2.24, 2.45) is 5.92 Å². The molecule has 0 bridgehead atoms. The molecule has 1 aliphatic rings. The van der Waals surface area contributed by atoms with Gasteiger partial charge in [-0.15, -0.1) is 0 Å². The third kappa shape index (κ3) is 3.70. The minimum absolute atomic E-state index is 0.0342. The molecule has 0 aliphatic heterocycles. The fraction of sp³-hybridized carbons (Fsp3) is 0.533. The topological polar surface area (TPSA) is 96.4 Å². The van der Waals surface area contributed by atoms with Crippen LogP contribution in [0.4, 0.5) is 5.69 Å². The second-order valence-corrected chi connectivity index (χ2v) is 5.75. The molecule has 0 atom stereocenters. The average molecular weight is 290 g/mol. The first-order valence-corrected chi connectivity index (χ1v) is 6.97. The highest BCUT2D eigenvalue weighted by Crippen LogP contribution is 2.34. The van der Waals surface area contributed by atoms with Crippen LogP contribution in [0.15, 0.2) is 18.2 Å². The van der Waals surface area contributed by atoms with Gasteiger partial charge in [0.25, 0.3) is 0 Å². The first-order chi connectivity index (χ1) is 9.93. The molecule has 21 heavy (non-hydrogen) atoms. The predicted octanol–water partition coefficient (Wildman–Crippen LogP) is 2.79. The van der Waals surface area contributed by atoms with Gasteiger partial charge in [-0.05, 0) is 43.7 Å². The summed E-state index contributed by atoms with van der Waals surface area (Å²) in [6, 6.07) is 5.92. The van der Waals surface area contributed by atoms with E-state index in [1.165, 1.54) is 18.2 Å². The van der Waals surface area contributed by atoms with Gasteiger partial charge in [-0.25, -0.2) is 0 Å². The molecule has 0 spiro atoms. The van der Waals surface area contributed by atoms with Gasteiger partial charge in [-0.1, -0.05) is 6.92 Å². The van der Waals surface area contributed by atoms with Crippen molar-refractivity contribution in [3.8, 4) is 11.8 Å². The van der Waals surface area contributed by atoms with Gasteiger partial charge in [0.2, 0.25) is 0 Å². The van der Waals surface area contributed by atoms with Crippen molar-refractivity contribution in [3.63, 3.8) is 0 Å². The molecule has 6 heteroatoms. The van der Waals surface area contributed by atoms with Crippen molar-refractivity contribution < 1.29 is 14.8 Å². The van der Waals surface area contributed by atoms with E-state index >= 15 is 0 Å². The van der Waals surface area contributed by atoms with Gasteiger partial charge in [0, 0.05) is 6.07 Å². The summed E-state index contributed by atoms with van der Waals surface area (Å²) in [7, 11) is 0. The lowest BCUT2D eigenvalue weighted by molar-refractivity contribution is -0.386. The molecule has 1 aliphatic carbocycles. The lowest BCUT2D eigenvalue weighted by atomic mass is 9.80. The summed E-state index contributed by atoms with van der Waals surface area (Å²) >= 11 is 0. The van der Waals surface area contributed by atoms with Crippen LogP contribution in [0.25, 0.3) is 0 Å². The molecule has 1 aromatic carbocycles. The smallest absolute Gasteiger partial charge is 0.312 e. The first-order valence-electron chi connectivity index (χ1n) is 6.97. The van der Waals surface area contributed by atoms with Gasteiger partial charge in [-0.3, -0.25) is 10.1 Å². The van der Waals surface area contributed by atoms with E-state index in [9.17, 15) is 15.2 Å². The van der Waals surface area contributed by atoms with E-state index in [4.69, 9.17) is 10.00 Å². The van der Waals surface area contributed by atoms with Crippen LogP contribution in [-0.2, 0) is 0 Å². The molecule has 2 rings (SSSR count). The third-order valence-electron chi connectivity index (χ3n) is 3.99. The highest BCUT2D eigenvalue weighted by Gasteiger charge is 2.33. The zero-order chi connectivity index (χ0) is 15.5. The Balaban J connectivity index is 2.09. The van der Waals surface area contributed by atoms with Gasteiger partial charge >= 0.3 is 5.69 Å². The Kier molecular flexibility index (Phi) is 4.43. The Bertz CT molecular complexity index is 572. The van der Waals surface area contributed by atoms with Crippen molar-refractivity contribution in [1.29, 1.82) is 5.26 Å². The highest BCUT2D eigenvalue weighted by molar-refractivity contribution is 5.51. The lowest BCUT2D eigenvalue weighted by Gasteiger charge is -2.34. The quantitative estimate of drug-likeness (QED) is 0.679. The molecule has 0 radical (unpaired) electrons. The summed E-state index contributed by atoms with van der Waals surface area (Å²) in [5.41, 5.74) is -0.963. The zero-order valence-corrected chi connectivity index (χ0v) is 11.9. The van der Waals surface area contributed by atoms with E-state index in [-0.39, 0.29) is 23.6 Å². The van der Waals surface area contributed by atoms with Crippen LogP contribution in [0, 0.1) is 27.4 Å². The van der Waals surface area contributed by atoms with E-state index < -0.39 is 10.5 Å². The summed E-state index contributed by atoms with van der Waals surface area (Å²) in [5.74, 6) is 0.681. The summed E-state index contributed by atoms with van der Waals surface area (Å²) in [6.07, 6.45) is 3.13. The maximum absolute atomic E-state index is 11.0. The van der Waals surface area contributed by atoms with Crippen LogP contribution in [0.1, 0.15) is 38.2 Å². The van der Waals surface area contributed by atoms with E-state index in [0.717, 1.165) is 12.8 Å². The molecule has 1 N–H and O–H groups in total. The maximum atomic E-state index is 11.0. The number of nitro groups is 1. The van der Waals surface area contributed by atoms with Crippen molar-refractivity contribution in [2.75, 3.05) is 6.61 Å². The summed E-state index contributed by atoms with van der Waals surface area (Å²) < 4.78 is 5.47. The van der Waals surface area contributed by atoms with Crippen molar-refractivity contribution in [2.45, 2.75) is 38.2 Å². The van der Waals surface area contributed by atoms with Crippen LogP contribution in [-0.4, -0.2) is 22.2 Å². The second kappa shape index (κ2) is 6.10. The molecule has 1 aromatic rings. The van der Waals surface area contributed by atoms with Gasteiger partial charge in [0.05, 0.1) is 22.2 Å². The summed E-state index contributed by atoms with van der Waals surface area (Å²) in [4.78, 5) is 10.4.